The third-order valence-corrected chi connectivity index (χ3v) is 4.18. The van der Waals surface area contributed by atoms with E-state index < -0.39 is 29.6 Å². The lowest BCUT2D eigenvalue weighted by Gasteiger charge is -2.13. The van der Waals surface area contributed by atoms with Crippen LogP contribution in [-0.2, 0) is 11.0 Å². The second-order valence-corrected chi connectivity index (χ2v) is 6.39. The zero-order valence-electron chi connectivity index (χ0n) is 13.8. The number of benzene rings is 1. The molecule has 0 saturated heterocycles. The van der Waals surface area contributed by atoms with Crippen molar-refractivity contribution in [1.29, 1.82) is 0 Å². The van der Waals surface area contributed by atoms with Crippen molar-refractivity contribution in [3.8, 4) is 5.69 Å². The summed E-state index contributed by atoms with van der Waals surface area (Å²) in [4.78, 5) is 23.6. The molecule has 0 aliphatic rings. The largest absolute Gasteiger partial charge is 0.416 e. The van der Waals surface area contributed by atoms with Crippen molar-refractivity contribution in [3.05, 3.63) is 47.8 Å². The Hall–Kier alpha value is -2.49. The number of thioether (sulfide) groups is 1. The monoisotopic (exact) mass is 386 g/mol. The number of carbonyl (C=O) groups is 2. The van der Waals surface area contributed by atoms with E-state index in [4.69, 9.17) is 5.73 Å². The van der Waals surface area contributed by atoms with Crippen molar-refractivity contribution in [2.45, 2.75) is 18.6 Å². The molecule has 10 heteroatoms. The molecule has 0 aliphatic carbocycles. The Morgan fingerprint density at radius 2 is 1.92 bits per heavy atom. The Balaban J connectivity index is 2.11. The average molecular weight is 386 g/mol. The van der Waals surface area contributed by atoms with Gasteiger partial charge in [0.2, 0.25) is 5.91 Å². The highest BCUT2D eigenvalue weighted by Gasteiger charge is 2.30. The fourth-order valence-corrected chi connectivity index (χ4v) is 2.62. The number of amides is 2. The maximum atomic E-state index is 12.6. The highest BCUT2D eigenvalue weighted by atomic mass is 32.2. The van der Waals surface area contributed by atoms with Crippen molar-refractivity contribution >= 4 is 23.6 Å². The number of hydrogen-bond donors (Lipinski definition) is 2. The minimum atomic E-state index is -4.42. The van der Waals surface area contributed by atoms with E-state index in [1.165, 1.54) is 40.8 Å². The molecule has 1 aromatic carbocycles. The third-order valence-electron chi connectivity index (χ3n) is 3.54. The zero-order chi connectivity index (χ0) is 19.3. The predicted octanol–water partition coefficient (Wildman–Crippen LogP) is 2.23. The molecule has 3 N–H and O–H groups in total. The summed E-state index contributed by atoms with van der Waals surface area (Å²) in [6.45, 7) is 0. The maximum absolute atomic E-state index is 12.6. The van der Waals surface area contributed by atoms with Crippen molar-refractivity contribution in [3.63, 3.8) is 0 Å². The van der Waals surface area contributed by atoms with E-state index in [2.05, 4.69) is 10.4 Å². The van der Waals surface area contributed by atoms with Gasteiger partial charge in [-0.3, -0.25) is 9.59 Å². The Morgan fingerprint density at radius 1 is 1.27 bits per heavy atom. The molecule has 0 radical (unpaired) electrons. The first-order valence-electron chi connectivity index (χ1n) is 7.55. The van der Waals surface area contributed by atoms with E-state index in [1.807, 2.05) is 6.26 Å². The molecule has 6 nitrogen and oxygen atoms in total. The maximum Gasteiger partial charge on any atom is 0.416 e. The standard InChI is InChI=1S/C16H17F3N4O2S/c1-26-9-7-12(14(20)24)21-15(25)13-6-8-23(22-13)11-4-2-10(3-5-11)16(17,18)19/h2-6,8,12H,7,9H2,1H3,(H2,20,24)(H,21,25)/t12-/m0/s1. The molecule has 0 fully saturated rings. The summed E-state index contributed by atoms with van der Waals surface area (Å²) in [5.74, 6) is -0.580. The second-order valence-electron chi connectivity index (χ2n) is 5.40. The van der Waals surface area contributed by atoms with E-state index >= 15 is 0 Å². The van der Waals surface area contributed by atoms with E-state index in [-0.39, 0.29) is 5.69 Å². The summed E-state index contributed by atoms with van der Waals surface area (Å²) < 4.78 is 39.1. The molecule has 0 unspecified atom stereocenters. The normalized spacial score (nSPS) is 12.6. The van der Waals surface area contributed by atoms with Gasteiger partial charge in [-0.05, 0) is 48.8 Å². The van der Waals surface area contributed by atoms with Crippen molar-refractivity contribution in [2.24, 2.45) is 5.73 Å². The molecule has 140 valence electrons. The highest BCUT2D eigenvalue weighted by molar-refractivity contribution is 7.98. The second kappa shape index (κ2) is 8.26. The van der Waals surface area contributed by atoms with Gasteiger partial charge in [-0.2, -0.15) is 30.0 Å². The minimum Gasteiger partial charge on any atom is -0.368 e. The summed E-state index contributed by atoms with van der Waals surface area (Å²) in [6.07, 6.45) is -0.722. The van der Waals surface area contributed by atoms with Gasteiger partial charge < -0.3 is 11.1 Å². The molecule has 0 aliphatic heterocycles. The van der Waals surface area contributed by atoms with E-state index in [1.54, 1.807) is 0 Å². The third kappa shape index (κ3) is 5.01. The van der Waals surface area contributed by atoms with Crippen LogP contribution in [0.5, 0.6) is 0 Å². The molecule has 0 spiro atoms. The summed E-state index contributed by atoms with van der Waals surface area (Å²) in [7, 11) is 0. The van der Waals surface area contributed by atoms with Crippen molar-refractivity contribution < 1.29 is 22.8 Å². The number of nitrogens with two attached hydrogens (primary N) is 1. The number of aromatic nitrogens is 2. The number of primary amides is 1. The number of hydrogen-bond acceptors (Lipinski definition) is 4. The molecule has 0 bridgehead atoms. The molecular weight excluding hydrogens is 369 g/mol. The summed E-state index contributed by atoms with van der Waals surface area (Å²) >= 11 is 1.52. The minimum absolute atomic E-state index is 0.0281. The van der Waals surface area contributed by atoms with Gasteiger partial charge in [0.05, 0.1) is 11.3 Å². The molecule has 2 rings (SSSR count). The van der Waals surface area contributed by atoms with E-state index in [0.717, 1.165) is 12.1 Å². The molecular formula is C16H17F3N4O2S. The predicted molar refractivity (Wildman–Crippen MR) is 92.0 cm³/mol. The number of nitrogens with one attached hydrogen (secondary N) is 1. The van der Waals surface area contributed by atoms with Gasteiger partial charge in [-0.15, -0.1) is 0 Å². The quantitative estimate of drug-likeness (QED) is 0.764. The fraction of sp³-hybridized carbons (Fsp3) is 0.312. The van der Waals surface area contributed by atoms with Crippen LogP contribution in [0, 0.1) is 0 Å². The van der Waals surface area contributed by atoms with E-state index in [9.17, 15) is 22.8 Å². The van der Waals surface area contributed by atoms with Crippen LogP contribution in [0.4, 0.5) is 13.2 Å². The van der Waals surface area contributed by atoms with Crippen LogP contribution in [0.1, 0.15) is 22.5 Å². The highest BCUT2D eigenvalue weighted by Crippen LogP contribution is 2.29. The van der Waals surface area contributed by atoms with E-state index in [0.29, 0.717) is 17.9 Å². The first kappa shape index (κ1) is 19.8. The number of rotatable bonds is 7. The fourth-order valence-electron chi connectivity index (χ4n) is 2.15. The lowest BCUT2D eigenvalue weighted by molar-refractivity contribution is -0.137. The van der Waals surface area contributed by atoms with Gasteiger partial charge in [0.15, 0.2) is 5.69 Å². The number of carbonyl (C=O) groups excluding carboxylic acids is 2. The number of halogens is 3. The molecule has 1 heterocycles. The molecule has 1 atom stereocenters. The van der Waals surface area contributed by atoms with Gasteiger partial charge in [0, 0.05) is 6.20 Å². The van der Waals surface area contributed by atoms with Gasteiger partial charge in [-0.25, -0.2) is 4.68 Å². The Bertz CT molecular complexity index is 775. The van der Waals surface area contributed by atoms with Crippen LogP contribution in [0.3, 0.4) is 0 Å². The Morgan fingerprint density at radius 3 is 2.46 bits per heavy atom. The summed E-state index contributed by atoms with van der Waals surface area (Å²) in [6, 6.07) is 4.96. The number of nitrogens with zero attached hydrogens (tertiary/aromatic N) is 2. The van der Waals surface area contributed by atoms with Crippen molar-refractivity contribution in [2.75, 3.05) is 12.0 Å². The van der Waals surface area contributed by atoms with Crippen LogP contribution in [0.15, 0.2) is 36.5 Å². The molecule has 2 aromatic rings. The van der Waals surface area contributed by atoms with Crippen LogP contribution in [-0.4, -0.2) is 39.6 Å². The molecule has 26 heavy (non-hydrogen) atoms. The summed E-state index contributed by atoms with van der Waals surface area (Å²) in [5.41, 5.74) is 4.89. The van der Waals surface area contributed by atoms with Gasteiger partial charge in [-0.1, -0.05) is 0 Å². The first-order chi connectivity index (χ1) is 12.2. The van der Waals surface area contributed by atoms with Gasteiger partial charge in [0.1, 0.15) is 6.04 Å². The molecule has 0 saturated carbocycles. The first-order valence-corrected chi connectivity index (χ1v) is 8.94. The topological polar surface area (TPSA) is 90.0 Å². The van der Waals surface area contributed by atoms with Crippen molar-refractivity contribution in [1.82, 2.24) is 15.1 Å². The zero-order valence-corrected chi connectivity index (χ0v) is 14.6. The van der Waals surface area contributed by atoms with Gasteiger partial charge in [0.25, 0.3) is 5.91 Å². The van der Waals surface area contributed by atoms with Crippen LogP contribution in [0.25, 0.3) is 5.69 Å². The van der Waals surface area contributed by atoms with Crippen LogP contribution in [0.2, 0.25) is 0 Å². The Labute approximate surface area is 151 Å². The van der Waals surface area contributed by atoms with Gasteiger partial charge >= 0.3 is 6.18 Å². The molecule has 2 amide bonds. The Kier molecular flexibility index (Phi) is 6.30. The SMILES string of the molecule is CSCC[C@H](NC(=O)c1ccn(-c2ccc(C(F)(F)F)cc2)n1)C(N)=O. The average Bonchev–Trinajstić information content (AvgIpc) is 3.07. The summed E-state index contributed by atoms with van der Waals surface area (Å²) in [5, 5.41) is 6.54. The van der Waals surface area contributed by atoms with Crippen LogP contribution < -0.4 is 11.1 Å². The number of alkyl halides is 3. The smallest absolute Gasteiger partial charge is 0.368 e. The lowest BCUT2D eigenvalue weighted by Crippen LogP contribution is -2.44. The van der Waals surface area contributed by atoms with Crippen LogP contribution >= 0.6 is 11.8 Å². The molecule has 1 aromatic heterocycles. The lowest BCUT2D eigenvalue weighted by atomic mass is 10.2.